The van der Waals surface area contributed by atoms with Gasteiger partial charge in [0.15, 0.2) is 0 Å². The van der Waals surface area contributed by atoms with Crippen molar-refractivity contribution in [3.8, 4) is 0 Å². The van der Waals surface area contributed by atoms with Gasteiger partial charge in [0.25, 0.3) is 0 Å². The van der Waals surface area contributed by atoms with Crippen LogP contribution in [0.4, 0.5) is 0 Å². The molecule has 2 nitrogen and oxygen atoms in total. The summed E-state index contributed by atoms with van der Waals surface area (Å²) < 4.78 is 0. The monoisotopic (exact) mass is 227 g/mol. The summed E-state index contributed by atoms with van der Waals surface area (Å²) >= 11 is 0. The van der Waals surface area contributed by atoms with E-state index in [0.29, 0.717) is 0 Å². The lowest BCUT2D eigenvalue weighted by atomic mass is 9.95. The minimum Gasteiger partial charge on any atom is -0.345 e. The number of hydrogen-bond donors (Lipinski definition) is 0. The molecule has 0 rings (SSSR count). The smallest absolute Gasteiger partial charge is 0.227 e. The molecule has 0 aromatic rings. The first kappa shape index (κ1) is 15.5. The van der Waals surface area contributed by atoms with Gasteiger partial charge in [0.05, 0.1) is 0 Å². The van der Waals surface area contributed by atoms with Crippen LogP contribution >= 0.6 is 0 Å². The fraction of sp³-hybridized carbons (Fsp3) is 0.929. The molecule has 0 atom stereocenters. The largest absolute Gasteiger partial charge is 0.345 e. The Balaban J connectivity index is 3.66. The average molecular weight is 227 g/mol. The molecule has 0 heterocycles. The predicted molar refractivity (Wildman–Crippen MR) is 70.4 cm³/mol. The maximum absolute atomic E-state index is 11.9. The summed E-state index contributed by atoms with van der Waals surface area (Å²) in [5.41, 5.74) is -0.243. The molecule has 0 aliphatic carbocycles. The van der Waals surface area contributed by atoms with Crippen molar-refractivity contribution >= 4 is 5.91 Å². The Morgan fingerprint density at radius 1 is 1.12 bits per heavy atom. The van der Waals surface area contributed by atoms with Crippen LogP contribution in [0, 0.1) is 11.3 Å². The van der Waals surface area contributed by atoms with Crippen molar-refractivity contribution in [3.05, 3.63) is 0 Å². The molecule has 1 amide bonds. The highest BCUT2D eigenvalue weighted by Gasteiger charge is 2.24. The van der Waals surface area contributed by atoms with Crippen molar-refractivity contribution in [1.29, 1.82) is 0 Å². The molecule has 0 unspecified atom stereocenters. The first-order chi connectivity index (χ1) is 7.25. The molecule has 0 saturated carbocycles. The van der Waals surface area contributed by atoms with Gasteiger partial charge in [0, 0.05) is 19.0 Å². The second kappa shape index (κ2) is 6.93. The van der Waals surface area contributed by atoms with Crippen LogP contribution in [0.5, 0.6) is 0 Å². The minimum atomic E-state index is -0.243. The zero-order chi connectivity index (χ0) is 12.8. The zero-order valence-electron chi connectivity index (χ0n) is 12.0. The molecule has 0 radical (unpaired) electrons. The van der Waals surface area contributed by atoms with Gasteiger partial charge in [-0.2, -0.15) is 0 Å². The highest BCUT2D eigenvalue weighted by Crippen LogP contribution is 2.17. The van der Waals surface area contributed by atoms with Crippen LogP contribution in [-0.4, -0.2) is 24.4 Å². The zero-order valence-corrected chi connectivity index (χ0v) is 12.0. The van der Waals surface area contributed by atoms with Crippen LogP contribution in [0.3, 0.4) is 0 Å². The Morgan fingerprint density at radius 2 is 1.69 bits per heavy atom. The van der Waals surface area contributed by atoms with Crippen LogP contribution in [0.2, 0.25) is 0 Å². The van der Waals surface area contributed by atoms with E-state index in [2.05, 4.69) is 13.8 Å². The Hall–Kier alpha value is -0.530. The molecule has 0 fully saturated rings. The molecule has 0 spiro atoms. The summed E-state index contributed by atoms with van der Waals surface area (Å²) in [7, 11) is 1.91. The fourth-order valence-electron chi connectivity index (χ4n) is 1.75. The van der Waals surface area contributed by atoms with Gasteiger partial charge in [-0.05, 0) is 12.3 Å². The molecule has 0 saturated heterocycles. The second-order valence-corrected chi connectivity index (χ2v) is 6.22. The fourth-order valence-corrected chi connectivity index (χ4v) is 1.75. The first-order valence-corrected chi connectivity index (χ1v) is 6.50. The van der Waals surface area contributed by atoms with Crippen LogP contribution < -0.4 is 0 Å². The van der Waals surface area contributed by atoms with Crippen LogP contribution in [0.1, 0.15) is 60.3 Å². The highest BCUT2D eigenvalue weighted by molar-refractivity contribution is 5.81. The van der Waals surface area contributed by atoms with E-state index in [-0.39, 0.29) is 11.3 Å². The van der Waals surface area contributed by atoms with E-state index in [1.54, 1.807) is 0 Å². The van der Waals surface area contributed by atoms with Gasteiger partial charge in [0.1, 0.15) is 0 Å². The Morgan fingerprint density at radius 3 is 2.12 bits per heavy atom. The topological polar surface area (TPSA) is 20.3 Å². The molecule has 0 N–H and O–H groups in total. The maximum Gasteiger partial charge on any atom is 0.227 e. The molecular formula is C14H29NO. The van der Waals surface area contributed by atoms with Crippen molar-refractivity contribution < 1.29 is 4.79 Å². The molecular weight excluding hydrogens is 198 g/mol. The summed E-state index contributed by atoms with van der Waals surface area (Å²) in [6.45, 7) is 11.3. The van der Waals surface area contributed by atoms with Crippen molar-refractivity contribution in [2.75, 3.05) is 13.6 Å². The number of amides is 1. The molecule has 0 aliphatic rings. The number of rotatable bonds is 6. The van der Waals surface area contributed by atoms with Crippen molar-refractivity contribution in [1.82, 2.24) is 4.90 Å². The summed E-state index contributed by atoms with van der Waals surface area (Å²) in [5.74, 6) is 1.05. The van der Waals surface area contributed by atoms with Gasteiger partial charge < -0.3 is 4.90 Å². The highest BCUT2D eigenvalue weighted by atomic mass is 16.2. The molecule has 0 aromatic carbocycles. The molecule has 2 heteroatoms. The third kappa shape index (κ3) is 6.86. The van der Waals surface area contributed by atoms with Gasteiger partial charge >= 0.3 is 0 Å². The lowest BCUT2D eigenvalue weighted by Crippen LogP contribution is -2.37. The van der Waals surface area contributed by atoms with Crippen molar-refractivity contribution in [2.45, 2.75) is 60.3 Å². The lowest BCUT2D eigenvalue weighted by molar-refractivity contribution is -0.138. The quantitative estimate of drug-likeness (QED) is 0.633. The molecule has 0 aromatic heterocycles. The van der Waals surface area contributed by atoms with Crippen LogP contribution in [0.25, 0.3) is 0 Å². The summed E-state index contributed by atoms with van der Waals surface area (Å²) in [6.07, 6.45) is 4.96. The average Bonchev–Trinajstić information content (AvgIpc) is 2.13. The van der Waals surface area contributed by atoms with Gasteiger partial charge in [-0.1, -0.05) is 53.9 Å². The van der Waals surface area contributed by atoms with E-state index in [1.165, 1.54) is 19.3 Å². The van der Waals surface area contributed by atoms with Crippen LogP contribution in [-0.2, 0) is 4.79 Å². The summed E-state index contributed by atoms with van der Waals surface area (Å²) in [4.78, 5) is 13.7. The predicted octanol–water partition coefficient (Wildman–Crippen LogP) is 3.71. The molecule has 96 valence electrons. The lowest BCUT2D eigenvalue weighted by Gasteiger charge is -2.25. The third-order valence-electron chi connectivity index (χ3n) is 2.76. The maximum atomic E-state index is 11.9. The Labute approximate surface area is 101 Å². The van der Waals surface area contributed by atoms with E-state index in [4.69, 9.17) is 0 Å². The van der Waals surface area contributed by atoms with E-state index >= 15 is 0 Å². The molecule has 0 bridgehead atoms. The molecule has 16 heavy (non-hydrogen) atoms. The summed E-state index contributed by atoms with van der Waals surface area (Å²) in [6, 6.07) is 0. The number of nitrogens with zero attached hydrogens (tertiary/aromatic N) is 1. The number of carbonyl (C=O) groups excluding carboxylic acids is 1. The Bertz CT molecular complexity index is 203. The van der Waals surface area contributed by atoms with Gasteiger partial charge in [-0.3, -0.25) is 4.79 Å². The van der Waals surface area contributed by atoms with E-state index < -0.39 is 0 Å². The Kier molecular flexibility index (Phi) is 6.70. The first-order valence-electron chi connectivity index (χ1n) is 6.50. The van der Waals surface area contributed by atoms with E-state index in [1.807, 2.05) is 32.7 Å². The van der Waals surface area contributed by atoms with Gasteiger partial charge in [-0.25, -0.2) is 0 Å². The number of unbranched alkanes of at least 4 members (excludes halogenated alkanes) is 2. The second-order valence-electron chi connectivity index (χ2n) is 6.22. The molecule has 0 aliphatic heterocycles. The number of carbonyl (C=O) groups is 1. The minimum absolute atomic E-state index is 0.243. The van der Waals surface area contributed by atoms with Crippen molar-refractivity contribution in [2.24, 2.45) is 11.3 Å². The van der Waals surface area contributed by atoms with E-state index in [0.717, 1.165) is 18.9 Å². The number of hydrogen-bond acceptors (Lipinski definition) is 1. The van der Waals surface area contributed by atoms with Crippen molar-refractivity contribution in [3.63, 3.8) is 0 Å². The third-order valence-corrected chi connectivity index (χ3v) is 2.76. The SMILES string of the molecule is CC(C)CCCCCN(C)C(=O)C(C)(C)C. The summed E-state index contributed by atoms with van der Waals surface area (Å²) in [5, 5.41) is 0. The van der Waals surface area contributed by atoms with Gasteiger partial charge in [-0.15, -0.1) is 0 Å². The normalized spacial score (nSPS) is 11.9. The van der Waals surface area contributed by atoms with Gasteiger partial charge in [0.2, 0.25) is 5.91 Å². The van der Waals surface area contributed by atoms with Crippen LogP contribution in [0.15, 0.2) is 0 Å². The van der Waals surface area contributed by atoms with E-state index in [9.17, 15) is 4.79 Å². The standard InChI is InChI=1S/C14H29NO/c1-12(2)10-8-7-9-11-15(6)13(16)14(3,4)5/h12H,7-11H2,1-6H3.